The molecule has 0 atom stereocenters. The van der Waals surface area contributed by atoms with E-state index in [1.165, 1.54) is 13.0 Å². The van der Waals surface area contributed by atoms with Gasteiger partial charge in [-0.05, 0) is 24.6 Å². The number of anilines is 1. The fourth-order valence-corrected chi connectivity index (χ4v) is 1.25. The quantitative estimate of drug-likeness (QED) is 0.832. The number of hydrogen-bond donors (Lipinski definition) is 2. The lowest BCUT2D eigenvalue weighted by Gasteiger charge is -2.11. The maximum absolute atomic E-state index is 12.5. The molecule has 0 aliphatic carbocycles. The molecule has 0 heterocycles. The maximum Gasteiger partial charge on any atom is 0.416 e. The van der Waals surface area contributed by atoms with Gasteiger partial charge in [0, 0.05) is 17.8 Å². The third-order valence-corrected chi connectivity index (χ3v) is 2.20. The standard InChI is InChI=1S/C12H10F3NO3/c1-7-2-3-8(12(13,14)15)6-9(7)16-10(17)4-5-11(18)19/h2-6H,1H3,(H,16,17)(H,18,19)/b5-4-. The highest BCUT2D eigenvalue weighted by Crippen LogP contribution is 2.31. The van der Waals surface area contributed by atoms with Crippen LogP contribution >= 0.6 is 0 Å². The Morgan fingerprint density at radius 3 is 2.42 bits per heavy atom. The molecule has 102 valence electrons. The second-order valence-electron chi connectivity index (χ2n) is 3.69. The van der Waals surface area contributed by atoms with Gasteiger partial charge in [0.25, 0.3) is 0 Å². The van der Waals surface area contributed by atoms with Crippen molar-refractivity contribution in [3.05, 3.63) is 41.5 Å². The molecule has 2 N–H and O–H groups in total. The van der Waals surface area contributed by atoms with Crippen molar-refractivity contribution in [3.63, 3.8) is 0 Å². The van der Waals surface area contributed by atoms with Crippen LogP contribution in [0.25, 0.3) is 0 Å². The number of carbonyl (C=O) groups is 2. The van der Waals surface area contributed by atoms with E-state index >= 15 is 0 Å². The largest absolute Gasteiger partial charge is 0.478 e. The first-order chi connectivity index (χ1) is 8.70. The predicted molar refractivity (Wildman–Crippen MR) is 61.6 cm³/mol. The minimum Gasteiger partial charge on any atom is -0.478 e. The summed E-state index contributed by atoms with van der Waals surface area (Å²) in [5.41, 5.74) is -0.476. The Hall–Kier alpha value is -2.31. The van der Waals surface area contributed by atoms with Gasteiger partial charge in [-0.2, -0.15) is 13.2 Å². The van der Waals surface area contributed by atoms with Gasteiger partial charge in [0.05, 0.1) is 5.56 Å². The van der Waals surface area contributed by atoms with E-state index < -0.39 is 23.6 Å². The zero-order valence-corrected chi connectivity index (χ0v) is 9.78. The molecule has 7 heteroatoms. The first-order valence-electron chi connectivity index (χ1n) is 5.10. The first kappa shape index (κ1) is 14.7. The molecule has 1 aromatic carbocycles. The Balaban J connectivity index is 2.95. The molecular weight excluding hydrogens is 263 g/mol. The van der Waals surface area contributed by atoms with Crippen molar-refractivity contribution in [3.8, 4) is 0 Å². The van der Waals surface area contributed by atoms with E-state index in [9.17, 15) is 22.8 Å². The van der Waals surface area contributed by atoms with Gasteiger partial charge in [-0.15, -0.1) is 0 Å². The topological polar surface area (TPSA) is 66.4 Å². The maximum atomic E-state index is 12.5. The Labute approximate surface area is 106 Å². The van der Waals surface area contributed by atoms with E-state index in [1.54, 1.807) is 0 Å². The van der Waals surface area contributed by atoms with Crippen LogP contribution in [0.1, 0.15) is 11.1 Å². The molecule has 0 fully saturated rings. The number of benzene rings is 1. The SMILES string of the molecule is Cc1ccc(C(F)(F)F)cc1NC(=O)/C=C\C(=O)O. The van der Waals surface area contributed by atoms with Crippen molar-refractivity contribution < 1.29 is 27.9 Å². The van der Waals surface area contributed by atoms with Crippen molar-refractivity contribution in [1.29, 1.82) is 0 Å². The van der Waals surface area contributed by atoms with Crippen molar-refractivity contribution in [2.45, 2.75) is 13.1 Å². The summed E-state index contributed by atoms with van der Waals surface area (Å²) in [5, 5.41) is 10.5. The van der Waals surface area contributed by atoms with Crippen LogP contribution in [0.2, 0.25) is 0 Å². The molecule has 1 amide bonds. The summed E-state index contributed by atoms with van der Waals surface area (Å²) in [6.07, 6.45) is -3.19. The van der Waals surface area contributed by atoms with E-state index in [0.717, 1.165) is 18.2 Å². The summed E-state index contributed by atoms with van der Waals surface area (Å²) < 4.78 is 37.5. The monoisotopic (exact) mass is 273 g/mol. The molecule has 19 heavy (non-hydrogen) atoms. The highest BCUT2D eigenvalue weighted by Gasteiger charge is 2.30. The van der Waals surface area contributed by atoms with Crippen LogP contribution in [0.4, 0.5) is 18.9 Å². The molecule has 0 aliphatic rings. The van der Waals surface area contributed by atoms with Crippen LogP contribution in [-0.4, -0.2) is 17.0 Å². The molecule has 0 bridgehead atoms. The number of amides is 1. The minimum absolute atomic E-state index is 0.0186. The number of carboxylic acid groups (broad SMARTS) is 1. The van der Waals surface area contributed by atoms with Gasteiger partial charge in [0.1, 0.15) is 0 Å². The number of carboxylic acids is 1. The van der Waals surface area contributed by atoms with Crippen LogP contribution < -0.4 is 5.32 Å². The smallest absolute Gasteiger partial charge is 0.416 e. The molecule has 1 rings (SSSR count). The van der Waals surface area contributed by atoms with Crippen molar-refractivity contribution in [2.75, 3.05) is 5.32 Å². The normalized spacial score (nSPS) is 11.6. The van der Waals surface area contributed by atoms with Crippen molar-refractivity contribution in [1.82, 2.24) is 0 Å². The summed E-state index contributed by atoms with van der Waals surface area (Å²) in [5.74, 6) is -2.14. The molecule has 0 saturated carbocycles. The van der Waals surface area contributed by atoms with Gasteiger partial charge in [-0.3, -0.25) is 4.79 Å². The summed E-state index contributed by atoms with van der Waals surface area (Å²) in [7, 11) is 0. The second-order valence-corrected chi connectivity index (χ2v) is 3.69. The number of nitrogens with one attached hydrogen (secondary N) is 1. The molecule has 0 aromatic heterocycles. The molecular formula is C12H10F3NO3. The molecule has 0 unspecified atom stereocenters. The fraction of sp³-hybridized carbons (Fsp3) is 0.167. The summed E-state index contributed by atoms with van der Waals surface area (Å²) in [6.45, 7) is 1.52. The zero-order valence-electron chi connectivity index (χ0n) is 9.78. The molecule has 0 spiro atoms. The van der Waals surface area contributed by atoms with Gasteiger partial charge in [-0.1, -0.05) is 6.07 Å². The third-order valence-electron chi connectivity index (χ3n) is 2.20. The van der Waals surface area contributed by atoms with Crippen LogP contribution in [0.15, 0.2) is 30.4 Å². The summed E-state index contributed by atoms with van der Waals surface area (Å²) in [4.78, 5) is 21.5. The second kappa shape index (κ2) is 5.55. The lowest BCUT2D eigenvalue weighted by molar-refractivity contribution is -0.137. The number of aliphatic carboxylic acids is 1. The van der Waals surface area contributed by atoms with Gasteiger partial charge in [-0.25, -0.2) is 4.79 Å². The van der Waals surface area contributed by atoms with Crippen molar-refractivity contribution >= 4 is 17.6 Å². The molecule has 0 aliphatic heterocycles. The average Bonchev–Trinajstić information content (AvgIpc) is 2.28. The average molecular weight is 273 g/mol. The number of carbonyl (C=O) groups excluding carboxylic acids is 1. The Morgan fingerprint density at radius 2 is 1.89 bits per heavy atom. The lowest BCUT2D eigenvalue weighted by Crippen LogP contribution is -2.12. The lowest BCUT2D eigenvalue weighted by atomic mass is 10.1. The first-order valence-corrected chi connectivity index (χ1v) is 5.10. The number of rotatable bonds is 3. The van der Waals surface area contributed by atoms with E-state index in [-0.39, 0.29) is 5.69 Å². The Bertz CT molecular complexity index is 536. The molecule has 1 aromatic rings. The Morgan fingerprint density at radius 1 is 1.26 bits per heavy atom. The van der Waals surface area contributed by atoms with Crippen LogP contribution in [0.5, 0.6) is 0 Å². The van der Waals surface area contributed by atoms with E-state index in [0.29, 0.717) is 11.6 Å². The number of halogens is 3. The van der Waals surface area contributed by atoms with Gasteiger partial charge >= 0.3 is 12.1 Å². The highest BCUT2D eigenvalue weighted by atomic mass is 19.4. The zero-order chi connectivity index (χ0) is 14.6. The van der Waals surface area contributed by atoms with Crippen LogP contribution in [0.3, 0.4) is 0 Å². The fourth-order valence-electron chi connectivity index (χ4n) is 1.25. The number of aryl methyl sites for hydroxylation is 1. The van der Waals surface area contributed by atoms with E-state index in [4.69, 9.17) is 5.11 Å². The summed E-state index contributed by atoms with van der Waals surface area (Å²) in [6, 6.07) is 2.92. The van der Waals surface area contributed by atoms with Crippen LogP contribution in [0, 0.1) is 6.92 Å². The minimum atomic E-state index is -4.51. The van der Waals surface area contributed by atoms with Crippen LogP contribution in [-0.2, 0) is 15.8 Å². The molecule has 4 nitrogen and oxygen atoms in total. The van der Waals surface area contributed by atoms with E-state index in [2.05, 4.69) is 5.32 Å². The van der Waals surface area contributed by atoms with E-state index in [1.807, 2.05) is 0 Å². The summed E-state index contributed by atoms with van der Waals surface area (Å²) >= 11 is 0. The van der Waals surface area contributed by atoms with Gasteiger partial charge < -0.3 is 10.4 Å². The van der Waals surface area contributed by atoms with Gasteiger partial charge in [0.15, 0.2) is 0 Å². The third kappa shape index (κ3) is 4.46. The highest BCUT2D eigenvalue weighted by molar-refractivity contribution is 6.02. The van der Waals surface area contributed by atoms with Gasteiger partial charge in [0.2, 0.25) is 5.91 Å². The molecule has 0 saturated heterocycles. The number of alkyl halides is 3. The number of hydrogen-bond acceptors (Lipinski definition) is 2. The predicted octanol–water partition coefficient (Wildman–Crippen LogP) is 2.59. The Kier molecular flexibility index (Phi) is 4.31. The van der Waals surface area contributed by atoms with Crippen molar-refractivity contribution in [2.24, 2.45) is 0 Å². The molecule has 0 radical (unpaired) electrons.